The lowest BCUT2D eigenvalue weighted by molar-refractivity contribution is -0.137. The van der Waals surface area contributed by atoms with Gasteiger partial charge in [-0.05, 0) is 64.9 Å². The van der Waals surface area contributed by atoms with Gasteiger partial charge in [0.25, 0.3) is 14.2 Å². The lowest BCUT2D eigenvalue weighted by Crippen LogP contribution is -2.67. The molecular weight excluding hydrogens is 558 g/mol. The van der Waals surface area contributed by atoms with Crippen molar-refractivity contribution in [2.24, 2.45) is 23.7 Å². The van der Waals surface area contributed by atoms with Crippen molar-refractivity contribution in [3.05, 3.63) is 97.1 Å². The summed E-state index contributed by atoms with van der Waals surface area (Å²) >= 11 is 0. The zero-order valence-electron chi connectivity index (χ0n) is 26.3. The number of unbranched alkanes of at least 4 members (excludes halogenated alkanes) is 3. The van der Waals surface area contributed by atoms with Crippen molar-refractivity contribution in [1.82, 2.24) is 0 Å². The van der Waals surface area contributed by atoms with Crippen LogP contribution in [0.3, 0.4) is 0 Å². The normalized spacial score (nSPS) is 20.7. The highest BCUT2D eigenvalue weighted by atomic mass is 28.4. The molecule has 234 valence electrons. The molecule has 3 rings (SSSR count). The number of aliphatic carboxylic acids is 1. The highest BCUT2D eigenvalue weighted by Gasteiger charge is 2.56. The molecule has 6 heteroatoms. The Morgan fingerprint density at radius 1 is 1.05 bits per heavy atom. The van der Waals surface area contributed by atoms with Gasteiger partial charge in [-0.15, -0.1) is 0 Å². The molecule has 0 heterocycles. The fourth-order valence-electron chi connectivity index (χ4n) is 7.01. The van der Waals surface area contributed by atoms with Crippen LogP contribution in [-0.2, 0) is 4.79 Å². The first-order chi connectivity index (χ1) is 20.3. The molecule has 1 fully saturated rings. The first-order valence-corrected chi connectivity index (χ1v) is 17.8. The van der Waals surface area contributed by atoms with Gasteiger partial charge in [-0.25, -0.2) is 8.78 Å². The van der Waals surface area contributed by atoms with Gasteiger partial charge in [0.2, 0.25) is 0 Å². The highest BCUT2D eigenvalue weighted by Crippen LogP contribution is 2.55. The largest absolute Gasteiger partial charge is 0.481 e. The molecule has 3 nitrogen and oxygen atoms in total. The van der Waals surface area contributed by atoms with E-state index in [1.165, 1.54) is 0 Å². The summed E-state index contributed by atoms with van der Waals surface area (Å²) in [5.74, 6) is -3.85. The standard InChI is InChI=1S/C37H50F2O3Si/c1-6-7-17-25-37(38,39)26-24-32-28(2)27-33(29(32)3)34(22-15-10-16-23-35(40)41)36(4,5)43(42,30-18-11-8-12-19-30)31-20-13-9-14-21-31/h8-9,11-15,18-22,24,26,29,32-34,42H,2,6-7,10,16-17,23,25,27H2,1,3-5H3,(H,40,41)/b22-15-,26-24+/t29-,32+,33+,34?/m1/s1. The third kappa shape index (κ3) is 8.42. The Bertz CT molecular complexity index is 1200. The van der Waals surface area contributed by atoms with E-state index < -0.39 is 25.2 Å². The van der Waals surface area contributed by atoms with Gasteiger partial charge in [-0.1, -0.05) is 132 Å². The lowest BCUT2D eigenvalue weighted by atomic mass is 9.75. The Hall–Kier alpha value is -2.83. The second-order valence-corrected chi connectivity index (χ2v) is 16.8. The maximum Gasteiger partial charge on any atom is 0.303 e. The molecule has 0 amide bonds. The Balaban J connectivity index is 2.03. The highest BCUT2D eigenvalue weighted by molar-refractivity contribution is 6.98. The third-order valence-corrected chi connectivity index (χ3v) is 14.1. The molecule has 1 aliphatic carbocycles. The molecule has 2 N–H and O–H groups in total. The number of hydrogen-bond acceptors (Lipinski definition) is 2. The summed E-state index contributed by atoms with van der Waals surface area (Å²) in [6, 6.07) is 19.8. The Morgan fingerprint density at radius 2 is 1.63 bits per heavy atom. The molecule has 1 aliphatic rings. The molecule has 0 saturated heterocycles. The van der Waals surface area contributed by atoms with Crippen molar-refractivity contribution in [3.8, 4) is 0 Å². The van der Waals surface area contributed by atoms with Crippen LogP contribution in [0, 0.1) is 23.7 Å². The van der Waals surface area contributed by atoms with Gasteiger partial charge in [0.05, 0.1) is 0 Å². The Labute approximate surface area is 258 Å². The monoisotopic (exact) mass is 608 g/mol. The smallest absolute Gasteiger partial charge is 0.303 e. The Morgan fingerprint density at radius 3 is 2.16 bits per heavy atom. The predicted octanol–water partition coefficient (Wildman–Crippen LogP) is 8.55. The first kappa shape index (κ1) is 34.7. The summed E-state index contributed by atoms with van der Waals surface area (Å²) in [4.78, 5) is 24.1. The number of rotatable bonds is 16. The number of benzene rings is 2. The molecule has 43 heavy (non-hydrogen) atoms. The van der Waals surface area contributed by atoms with Crippen LogP contribution in [0.2, 0.25) is 5.04 Å². The molecule has 2 aromatic rings. The molecule has 1 unspecified atom stereocenters. The molecule has 1 saturated carbocycles. The molecule has 0 radical (unpaired) electrons. The van der Waals surface area contributed by atoms with Crippen LogP contribution in [-0.4, -0.2) is 30.1 Å². The van der Waals surface area contributed by atoms with Gasteiger partial charge >= 0.3 is 5.97 Å². The molecule has 4 atom stereocenters. The van der Waals surface area contributed by atoms with E-state index in [1.54, 1.807) is 6.08 Å². The lowest BCUT2D eigenvalue weighted by Gasteiger charge is -2.48. The van der Waals surface area contributed by atoms with Crippen molar-refractivity contribution < 1.29 is 23.5 Å². The minimum absolute atomic E-state index is 0.0351. The van der Waals surface area contributed by atoms with Crippen molar-refractivity contribution >= 4 is 24.7 Å². The fourth-order valence-corrected chi connectivity index (χ4v) is 11.0. The quantitative estimate of drug-likeness (QED) is 0.114. The third-order valence-electron chi connectivity index (χ3n) is 9.59. The first-order valence-electron chi connectivity index (χ1n) is 15.8. The maximum atomic E-state index is 14.7. The average molecular weight is 609 g/mol. The number of carbonyl (C=O) groups is 1. The molecule has 2 aromatic carbocycles. The molecule has 0 aromatic heterocycles. The minimum Gasteiger partial charge on any atom is -0.481 e. The van der Waals surface area contributed by atoms with E-state index in [1.807, 2.05) is 67.6 Å². The van der Waals surface area contributed by atoms with Gasteiger partial charge < -0.3 is 9.90 Å². The number of halogens is 2. The zero-order valence-corrected chi connectivity index (χ0v) is 27.3. The fraction of sp³-hybridized carbons (Fsp3) is 0.486. The average Bonchev–Trinajstić information content (AvgIpc) is 3.26. The van der Waals surface area contributed by atoms with Gasteiger partial charge in [0, 0.05) is 18.8 Å². The maximum absolute atomic E-state index is 14.7. The minimum atomic E-state index is -3.40. The topological polar surface area (TPSA) is 57.5 Å². The Kier molecular flexibility index (Phi) is 12.3. The van der Waals surface area contributed by atoms with Crippen molar-refractivity contribution in [3.63, 3.8) is 0 Å². The number of hydrogen-bond donors (Lipinski definition) is 2. The van der Waals surface area contributed by atoms with Gasteiger partial charge in [0.1, 0.15) is 0 Å². The number of alkyl halides is 2. The summed E-state index contributed by atoms with van der Waals surface area (Å²) < 4.78 is 29.5. The van der Waals surface area contributed by atoms with Crippen LogP contribution in [0.15, 0.2) is 97.1 Å². The second kappa shape index (κ2) is 15.2. The molecule has 0 bridgehead atoms. The molecular formula is C37H50F2O3Si. The van der Waals surface area contributed by atoms with Crippen LogP contribution in [0.5, 0.6) is 0 Å². The van der Waals surface area contributed by atoms with E-state index in [0.717, 1.165) is 34.9 Å². The summed E-state index contributed by atoms with van der Waals surface area (Å²) in [6.45, 7) is 12.8. The van der Waals surface area contributed by atoms with E-state index in [-0.39, 0.29) is 36.5 Å². The van der Waals surface area contributed by atoms with Crippen LogP contribution >= 0.6 is 0 Å². The summed E-state index contributed by atoms with van der Waals surface area (Å²) in [7, 11) is -3.40. The zero-order chi connectivity index (χ0) is 31.7. The van der Waals surface area contributed by atoms with Gasteiger partial charge in [0.15, 0.2) is 0 Å². The van der Waals surface area contributed by atoms with E-state index in [0.29, 0.717) is 25.7 Å². The van der Waals surface area contributed by atoms with Crippen molar-refractivity contribution in [1.29, 1.82) is 0 Å². The number of allylic oxidation sites excluding steroid dienone is 5. The molecule has 0 spiro atoms. The van der Waals surface area contributed by atoms with Gasteiger partial charge in [-0.3, -0.25) is 4.79 Å². The van der Waals surface area contributed by atoms with Crippen molar-refractivity contribution in [2.75, 3.05) is 0 Å². The van der Waals surface area contributed by atoms with Crippen LogP contribution in [0.4, 0.5) is 8.78 Å². The summed E-state index contributed by atoms with van der Waals surface area (Å²) in [5.41, 5.74) is 0.947. The van der Waals surface area contributed by atoms with E-state index in [2.05, 4.69) is 39.5 Å². The van der Waals surface area contributed by atoms with Crippen LogP contribution in [0.25, 0.3) is 0 Å². The summed E-state index contributed by atoms with van der Waals surface area (Å²) in [6.07, 6.45) is 11.0. The number of carboxylic acids is 1. The number of carboxylic acid groups (broad SMARTS) is 1. The summed E-state index contributed by atoms with van der Waals surface area (Å²) in [5, 5.41) is 10.4. The molecule has 0 aliphatic heterocycles. The van der Waals surface area contributed by atoms with Gasteiger partial charge in [-0.2, -0.15) is 0 Å². The van der Waals surface area contributed by atoms with E-state index in [9.17, 15) is 18.4 Å². The van der Waals surface area contributed by atoms with Crippen LogP contribution in [0.1, 0.15) is 79.1 Å². The SMILES string of the molecule is C=C1C[C@H](C(/C=C\CCCC(=O)O)C(C)(C)[Si](O)(c2ccccc2)c2ccccc2)[C@H](C)[C@H]1/C=C/C(F)(F)CCCCC. The van der Waals surface area contributed by atoms with E-state index in [4.69, 9.17) is 5.11 Å². The van der Waals surface area contributed by atoms with E-state index >= 15 is 0 Å². The second-order valence-electron chi connectivity index (χ2n) is 12.9. The van der Waals surface area contributed by atoms with Crippen LogP contribution < -0.4 is 10.4 Å². The van der Waals surface area contributed by atoms with Crippen molar-refractivity contribution in [2.45, 2.75) is 90.0 Å². The predicted molar refractivity (Wildman–Crippen MR) is 176 cm³/mol.